The first-order valence-electron chi connectivity index (χ1n) is 13.4. The molecule has 0 saturated carbocycles. The number of anilines is 2. The molecule has 2 atom stereocenters. The zero-order chi connectivity index (χ0) is 27.9. The Kier molecular flexibility index (Phi) is 5.59. The van der Waals surface area contributed by atoms with Gasteiger partial charge in [0.2, 0.25) is 0 Å². The quantitative estimate of drug-likeness (QED) is 0.317. The number of rotatable bonds is 4. The Morgan fingerprint density at radius 1 is 1.15 bits per heavy atom. The van der Waals surface area contributed by atoms with Crippen molar-refractivity contribution in [1.29, 1.82) is 0 Å². The second-order valence-electron chi connectivity index (χ2n) is 11.0. The topological polar surface area (TPSA) is 102 Å². The van der Waals surface area contributed by atoms with Gasteiger partial charge in [-0.1, -0.05) is 0 Å². The zero-order valence-electron chi connectivity index (χ0n) is 22.4. The number of nitrogens with zero attached hydrogens (tertiary/aromatic N) is 5. The average molecular weight is 546 g/mol. The molecule has 0 bridgehead atoms. The molecule has 11 heteroatoms. The molecule has 6 heterocycles. The molecule has 0 amide bonds. The summed E-state index contributed by atoms with van der Waals surface area (Å²) in [6.45, 7) is 2.20. The van der Waals surface area contributed by atoms with Crippen LogP contribution >= 0.6 is 0 Å². The zero-order valence-corrected chi connectivity index (χ0v) is 22.4. The number of pyridine rings is 3. The molecule has 5 aromatic rings. The normalized spacial score (nSPS) is 19.4. The molecule has 3 N–H and O–H groups in total. The fourth-order valence-corrected chi connectivity index (χ4v) is 6.79. The third-order valence-corrected chi connectivity index (χ3v) is 8.62. The molecule has 1 aromatic carbocycles. The molecular weight excluding hydrogens is 516 g/mol. The van der Waals surface area contributed by atoms with Crippen LogP contribution in [0.15, 0.2) is 35.5 Å². The lowest BCUT2D eigenvalue weighted by atomic mass is 9.99. The van der Waals surface area contributed by atoms with Crippen molar-refractivity contribution in [3.05, 3.63) is 58.1 Å². The highest BCUT2D eigenvalue weighted by atomic mass is 19.2. The first-order valence-corrected chi connectivity index (χ1v) is 13.4. The lowest BCUT2D eigenvalue weighted by Crippen LogP contribution is -2.35. The number of halogens is 2. The summed E-state index contributed by atoms with van der Waals surface area (Å²) in [5.74, 6) is -1.42. The largest absolute Gasteiger partial charge is 0.391 e. The highest BCUT2D eigenvalue weighted by Crippen LogP contribution is 2.46. The third kappa shape index (κ3) is 3.47. The first kappa shape index (κ1) is 24.9. The average Bonchev–Trinajstić information content (AvgIpc) is 3.64. The van der Waals surface area contributed by atoms with E-state index >= 15 is 4.39 Å². The molecule has 9 nitrogen and oxygen atoms in total. The van der Waals surface area contributed by atoms with E-state index in [2.05, 4.69) is 37.1 Å². The van der Waals surface area contributed by atoms with Crippen molar-refractivity contribution < 1.29 is 13.9 Å². The maximum absolute atomic E-state index is 15.6. The van der Waals surface area contributed by atoms with Crippen LogP contribution in [0.5, 0.6) is 0 Å². The van der Waals surface area contributed by atoms with E-state index in [0.29, 0.717) is 50.3 Å². The number of nitrogens with one attached hydrogen (secondary N) is 2. The highest BCUT2D eigenvalue weighted by molar-refractivity contribution is 6.18. The second-order valence-corrected chi connectivity index (χ2v) is 11.0. The maximum atomic E-state index is 15.6. The van der Waals surface area contributed by atoms with Gasteiger partial charge in [-0.25, -0.2) is 18.7 Å². The fraction of sp³-hybridized carbons (Fsp3) is 0.345. The van der Waals surface area contributed by atoms with Gasteiger partial charge >= 0.3 is 0 Å². The monoisotopic (exact) mass is 545 g/mol. The van der Waals surface area contributed by atoms with Gasteiger partial charge in [0.25, 0.3) is 0 Å². The van der Waals surface area contributed by atoms with E-state index in [9.17, 15) is 14.3 Å². The van der Waals surface area contributed by atoms with Gasteiger partial charge in [-0.3, -0.25) is 4.79 Å². The lowest BCUT2D eigenvalue weighted by molar-refractivity contribution is 0.280. The minimum Gasteiger partial charge on any atom is -0.391 e. The summed E-state index contributed by atoms with van der Waals surface area (Å²) in [6.07, 6.45) is 5.97. The Balaban J connectivity index is 1.57. The second kappa shape index (κ2) is 8.97. The molecule has 206 valence electrons. The van der Waals surface area contributed by atoms with Gasteiger partial charge in [0.15, 0.2) is 17.1 Å². The fourth-order valence-electron chi connectivity index (χ4n) is 6.79. The Labute approximate surface area is 228 Å². The Hall–Kier alpha value is -4.09. The number of hydrogen-bond acceptors (Lipinski definition) is 7. The SMILES string of the molecule is CNc1cc(F)c(F)c2c1[nH]c1ncc(-c3cnc4c(c3)c(=O)c(CO)cn4C)c(N3CC[C@H]4CN(C)C[C@H]43)c12. The Morgan fingerprint density at radius 2 is 1.98 bits per heavy atom. The van der Waals surface area contributed by atoms with Crippen molar-refractivity contribution in [1.82, 2.24) is 24.4 Å². The molecule has 0 aliphatic carbocycles. The van der Waals surface area contributed by atoms with E-state index in [0.717, 1.165) is 37.8 Å². The molecule has 0 spiro atoms. The van der Waals surface area contributed by atoms with E-state index in [1.165, 1.54) is 0 Å². The standard InChI is InChI=1S/C29H29F2N7O2/c1-32-20-7-19(30)24(31)22-23-26(38-5-4-14-10-36(2)12-21(14)38)18(9-33-28(23)35-25(20)22)15-6-17-27(40)16(13-39)11-37(3)29(17)34-8-15/h6-9,11,14,21,32,39H,4-5,10,12-13H2,1-3H3,(H,33,35)/t14-,21+/m0/s1. The lowest BCUT2D eigenvalue weighted by Gasteiger charge is -2.29. The number of aromatic amines is 1. The van der Waals surface area contributed by atoms with Crippen molar-refractivity contribution in [2.24, 2.45) is 13.0 Å². The summed E-state index contributed by atoms with van der Waals surface area (Å²) in [7, 11) is 5.54. The van der Waals surface area contributed by atoms with Gasteiger partial charge in [0.1, 0.15) is 11.3 Å². The van der Waals surface area contributed by atoms with Crippen LogP contribution in [0.25, 0.3) is 44.1 Å². The molecule has 40 heavy (non-hydrogen) atoms. The van der Waals surface area contributed by atoms with Gasteiger partial charge in [0.05, 0.1) is 39.7 Å². The van der Waals surface area contributed by atoms with Crippen molar-refractivity contribution in [2.45, 2.75) is 19.1 Å². The smallest absolute Gasteiger partial charge is 0.196 e. The Morgan fingerprint density at radius 3 is 2.75 bits per heavy atom. The van der Waals surface area contributed by atoms with Crippen LogP contribution in [0, 0.1) is 17.6 Å². The van der Waals surface area contributed by atoms with Gasteiger partial charge in [-0.15, -0.1) is 0 Å². The first-order chi connectivity index (χ1) is 19.3. The number of likely N-dealkylation sites (N-methyl/N-ethyl adjacent to an activating group) is 1. The van der Waals surface area contributed by atoms with Crippen molar-refractivity contribution >= 4 is 44.3 Å². The molecule has 2 fully saturated rings. The summed E-state index contributed by atoms with van der Waals surface area (Å²) in [6, 6.07) is 3.10. The van der Waals surface area contributed by atoms with Gasteiger partial charge in [-0.2, -0.15) is 0 Å². The summed E-state index contributed by atoms with van der Waals surface area (Å²) in [5.41, 5.74) is 3.87. The van der Waals surface area contributed by atoms with Crippen LogP contribution in [-0.2, 0) is 13.7 Å². The van der Waals surface area contributed by atoms with E-state index in [1.807, 2.05) is 0 Å². The number of aryl methyl sites for hydroxylation is 1. The number of hydrogen-bond donors (Lipinski definition) is 3. The van der Waals surface area contributed by atoms with Crippen molar-refractivity contribution in [3.63, 3.8) is 0 Å². The summed E-state index contributed by atoms with van der Waals surface area (Å²) >= 11 is 0. The maximum Gasteiger partial charge on any atom is 0.196 e. The van der Waals surface area contributed by atoms with Gasteiger partial charge < -0.3 is 29.8 Å². The highest BCUT2D eigenvalue weighted by Gasteiger charge is 2.42. The molecule has 2 aliphatic heterocycles. The summed E-state index contributed by atoms with van der Waals surface area (Å²) < 4.78 is 32.2. The minimum absolute atomic E-state index is 0.144. The van der Waals surface area contributed by atoms with Crippen molar-refractivity contribution in [2.75, 3.05) is 43.9 Å². The minimum atomic E-state index is -0.943. The number of fused-ring (bicyclic) bond motifs is 5. The number of benzene rings is 1. The molecular formula is C29H29F2N7O2. The van der Waals surface area contributed by atoms with E-state index in [4.69, 9.17) is 0 Å². The number of aliphatic hydroxyl groups is 1. The molecule has 4 aromatic heterocycles. The van der Waals surface area contributed by atoms with Crippen LogP contribution in [0.1, 0.15) is 12.0 Å². The predicted molar refractivity (Wildman–Crippen MR) is 152 cm³/mol. The molecule has 0 unspecified atom stereocenters. The molecule has 7 rings (SSSR count). The predicted octanol–water partition coefficient (Wildman–Crippen LogP) is 3.58. The van der Waals surface area contributed by atoms with Crippen LogP contribution in [0.4, 0.5) is 20.2 Å². The van der Waals surface area contributed by atoms with Gasteiger partial charge in [-0.05, 0) is 25.5 Å². The van der Waals surface area contributed by atoms with E-state index < -0.39 is 11.6 Å². The molecule has 0 radical (unpaired) electrons. The van der Waals surface area contributed by atoms with Crippen molar-refractivity contribution in [3.8, 4) is 11.1 Å². The summed E-state index contributed by atoms with van der Waals surface area (Å²) in [5, 5.41) is 13.7. The number of aliphatic hydroxyl groups excluding tert-OH is 1. The molecule has 2 aliphatic rings. The summed E-state index contributed by atoms with van der Waals surface area (Å²) in [4.78, 5) is 30.3. The van der Waals surface area contributed by atoms with E-state index in [1.54, 1.807) is 43.3 Å². The number of aromatic nitrogens is 4. The number of likely N-dealkylation sites (tertiary alicyclic amines) is 1. The van der Waals surface area contributed by atoms with E-state index in [-0.39, 0.29) is 29.0 Å². The van der Waals surface area contributed by atoms with Crippen LogP contribution in [-0.4, -0.2) is 69.3 Å². The van der Waals surface area contributed by atoms with Crippen LogP contribution in [0.3, 0.4) is 0 Å². The van der Waals surface area contributed by atoms with Crippen LogP contribution in [0.2, 0.25) is 0 Å². The third-order valence-electron chi connectivity index (χ3n) is 8.62. The van der Waals surface area contributed by atoms with Gasteiger partial charge in [0, 0.05) is 81.1 Å². The Bertz CT molecular complexity index is 1900. The van der Waals surface area contributed by atoms with Crippen LogP contribution < -0.4 is 15.6 Å². The molecule has 2 saturated heterocycles. The number of H-pyrrole nitrogens is 1.